The maximum absolute atomic E-state index is 11.5. The van der Waals surface area contributed by atoms with Crippen LogP contribution in [-0.2, 0) is 0 Å². The Morgan fingerprint density at radius 2 is 2.33 bits per heavy atom. The minimum atomic E-state index is -0.852. The molecule has 1 N–H and O–H groups in total. The van der Waals surface area contributed by atoms with Crippen LogP contribution in [0.4, 0.5) is 4.39 Å². The summed E-state index contributed by atoms with van der Waals surface area (Å²) in [4.78, 5) is 0. The number of hydrogen-bond donors (Lipinski definition) is 1. The Balaban J connectivity index is 2.63. The van der Waals surface area contributed by atoms with Crippen molar-refractivity contribution >= 4 is 0 Å². The molecule has 0 aromatic rings. The fourth-order valence-corrected chi connectivity index (χ4v) is 0.178. The molecule has 0 heterocycles. The summed E-state index contributed by atoms with van der Waals surface area (Å²) in [7, 11) is 0. The number of rotatable bonds is 2. The molecule has 0 saturated carbocycles. The van der Waals surface area contributed by atoms with Crippen molar-refractivity contribution in [1.29, 1.82) is 0 Å². The van der Waals surface area contributed by atoms with Crippen LogP contribution >= 0.6 is 0 Å². The smallest absolute Gasteiger partial charge is 0.0995 e. The largest absolute Gasteiger partial charge is 0.396 e. The van der Waals surface area contributed by atoms with Crippen LogP contribution in [0.5, 0.6) is 0 Å². The molecule has 1 atom stereocenters. The average molecular weight is 92.1 g/mol. The van der Waals surface area contributed by atoms with Gasteiger partial charge in [-0.25, -0.2) is 4.39 Å². The average Bonchev–Trinajstić information content (AvgIpc) is 1.35. The summed E-state index contributed by atoms with van der Waals surface area (Å²) in [5.41, 5.74) is 0. The molecule has 0 fully saturated rings. The van der Waals surface area contributed by atoms with E-state index in [0.717, 1.165) is 0 Å². The zero-order valence-corrected chi connectivity index (χ0v) is 3.82. The van der Waals surface area contributed by atoms with Crippen LogP contribution in [0.2, 0.25) is 0 Å². The lowest BCUT2D eigenvalue weighted by molar-refractivity contribution is 0.231. The molecule has 0 aromatic heterocycles. The Morgan fingerprint density at radius 1 is 1.83 bits per heavy atom. The normalized spacial score (nSPS) is 14.5. The van der Waals surface area contributed by atoms with E-state index in [4.69, 9.17) is 5.11 Å². The topological polar surface area (TPSA) is 20.2 Å². The molecule has 1 nitrogen and oxygen atoms in total. The molecular weight excluding hydrogens is 83.0 g/mol. The van der Waals surface area contributed by atoms with Crippen molar-refractivity contribution in [2.75, 3.05) is 6.61 Å². The van der Waals surface area contributed by atoms with Gasteiger partial charge in [0.2, 0.25) is 0 Å². The SMILES string of the molecule is CC(F)CCO. The Labute approximate surface area is 36.8 Å². The van der Waals surface area contributed by atoms with E-state index in [1.807, 2.05) is 0 Å². The number of halogens is 1. The third-order valence-electron chi connectivity index (χ3n) is 0.527. The second kappa shape index (κ2) is 3.09. The maximum Gasteiger partial charge on any atom is 0.0995 e. The Morgan fingerprint density at radius 3 is 2.33 bits per heavy atom. The van der Waals surface area contributed by atoms with E-state index in [1.165, 1.54) is 6.92 Å². The van der Waals surface area contributed by atoms with Crippen LogP contribution in [0, 0.1) is 0 Å². The van der Waals surface area contributed by atoms with Crippen LogP contribution in [-0.4, -0.2) is 17.9 Å². The van der Waals surface area contributed by atoms with Gasteiger partial charge in [-0.1, -0.05) is 0 Å². The van der Waals surface area contributed by atoms with Crippen LogP contribution < -0.4 is 0 Å². The van der Waals surface area contributed by atoms with E-state index in [1.54, 1.807) is 0 Å². The quantitative estimate of drug-likeness (QED) is 0.532. The fourth-order valence-electron chi connectivity index (χ4n) is 0.178. The van der Waals surface area contributed by atoms with Crippen molar-refractivity contribution in [2.45, 2.75) is 19.5 Å². The van der Waals surface area contributed by atoms with E-state index < -0.39 is 6.17 Å². The van der Waals surface area contributed by atoms with Crippen LogP contribution in [0.3, 0.4) is 0 Å². The minimum absolute atomic E-state index is 0.0440. The van der Waals surface area contributed by atoms with E-state index in [9.17, 15) is 4.39 Å². The van der Waals surface area contributed by atoms with Crippen LogP contribution in [0.1, 0.15) is 13.3 Å². The van der Waals surface area contributed by atoms with Gasteiger partial charge in [-0.05, 0) is 6.92 Å². The van der Waals surface area contributed by atoms with Gasteiger partial charge in [-0.3, -0.25) is 0 Å². The van der Waals surface area contributed by atoms with Gasteiger partial charge in [-0.2, -0.15) is 0 Å². The molecule has 0 rings (SSSR count). The van der Waals surface area contributed by atoms with E-state index >= 15 is 0 Å². The monoisotopic (exact) mass is 92.1 g/mol. The summed E-state index contributed by atoms with van der Waals surface area (Å²) in [6, 6.07) is 0. The molecule has 0 spiro atoms. The summed E-state index contributed by atoms with van der Waals surface area (Å²) in [6.07, 6.45) is -0.588. The van der Waals surface area contributed by atoms with Crippen molar-refractivity contribution in [3.05, 3.63) is 0 Å². The molecular formula is C4H9FO. The van der Waals surface area contributed by atoms with E-state index in [2.05, 4.69) is 0 Å². The molecule has 0 aromatic carbocycles. The number of aliphatic hydroxyl groups excluding tert-OH is 1. The maximum atomic E-state index is 11.5. The first kappa shape index (κ1) is 5.89. The molecule has 2 heteroatoms. The Bertz CT molecular complexity index is 28.7. The third kappa shape index (κ3) is 3.89. The van der Waals surface area contributed by atoms with Gasteiger partial charge in [-0.15, -0.1) is 0 Å². The van der Waals surface area contributed by atoms with Gasteiger partial charge >= 0.3 is 0 Å². The molecule has 0 aliphatic rings. The standard InChI is InChI=1S/C4H9FO/c1-4(5)2-3-6/h4,6H,2-3H2,1H3. The van der Waals surface area contributed by atoms with E-state index in [0.29, 0.717) is 0 Å². The minimum Gasteiger partial charge on any atom is -0.396 e. The summed E-state index contributed by atoms with van der Waals surface area (Å²) in [6.45, 7) is 1.38. The summed E-state index contributed by atoms with van der Waals surface area (Å²) >= 11 is 0. The van der Waals surface area contributed by atoms with Crippen LogP contribution in [0.15, 0.2) is 0 Å². The number of hydrogen-bond acceptors (Lipinski definition) is 1. The van der Waals surface area contributed by atoms with Crippen LogP contribution in [0.25, 0.3) is 0 Å². The molecule has 38 valence electrons. The summed E-state index contributed by atoms with van der Waals surface area (Å²) < 4.78 is 11.5. The zero-order valence-electron chi connectivity index (χ0n) is 3.82. The molecule has 0 aliphatic heterocycles. The highest BCUT2D eigenvalue weighted by molar-refractivity contribution is 4.41. The summed E-state index contributed by atoms with van der Waals surface area (Å²) in [5.74, 6) is 0. The molecule has 1 unspecified atom stereocenters. The molecule has 0 radical (unpaired) electrons. The summed E-state index contributed by atoms with van der Waals surface area (Å²) in [5, 5.41) is 8.00. The number of aliphatic hydroxyl groups is 1. The lowest BCUT2D eigenvalue weighted by Gasteiger charge is -1.91. The van der Waals surface area contributed by atoms with Crippen molar-refractivity contribution in [3.8, 4) is 0 Å². The Kier molecular flexibility index (Phi) is 3.04. The van der Waals surface area contributed by atoms with Crippen molar-refractivity contribution in [3.63, 3.8) is 0 Å². The second-order valence-corrected chi connectivity index (χ2v) is 1.29. The molecule has 6 heavy (non-hydrogen) atoms. The fraction of sp³-hybridized carbons (Fsp3) is 1.00. The molecule has 0 amide bonds. The molecule has 0 aliphatic carbocycles. The van der Waals surface area contributed by atoms with Gasteiger partial charge in [0, 0.05) is 13.0 Å². The highest BCUT2D eigenvalue weighted by atomic mass is 19.1. The third-order valence-corrected chi connectivity index (χ3v) is 0.527. The van der Waals surface area contributed by atoms with Gasteiger partial charge in [0.1, 0.15) is 0 Å². The highest BCUT2D eigenvalue weighted by Crippen LogP contribution is 1.91. The van der Waals surface area contributed by atoms with Crippen molar-refractivity contribution in [2.24, 2.45) is 0 Å². The van der Waals surface area contributed by atoms with Crippen molar-refractivity contribution < 1.29 is 9.50 Å². The highest BCUT2D eigenvalue weighted by Gasteiger charge is 1.91. The molecule has 0 saturated heterocycles. The van der Waals surface area contributed by atoms with E-state index in [-0.39, 0.29) is 13.0 Å². The van der Waals surface area contributed by atoms with Crippen molar-refractivity contribution in [1.82, 2.24) is 0 Å². The first-order chi connectivity index (χ1) is 2.77. The lowest BCUT2D eigenvalue weighted by Crippen LogP contribution is -1.94. The first-order valence-corrected chi connectivity index (χ1v) is 2.02. The van der Waals surface area contributed by atoms with Gasteiger partial charge in [0.25, 0.3) is 0 Å². The Hall–Kier alpha value is -0.110. The predicted molar refractivity (Wildman–Crippen MR) is 22.3 cm³/mol. The zero-order chi connectivity index (χ0) is 4.99. The second-order valence-electron chi connectivity index (χ2n) is 1.29. The first-order valence-electron chi connectivity index (χ1n) is 2.02. The van der Waals surface area contributed by atoms with Gasteiger partial charge in [0.15, 0.2) is 0 Å². The molecule has 0 bridgehead atoms. The number of alkyl halides is 1. The predicted octanol–water partition coefficient (Wildman–Crippen LogP) is 0.727. The van der Waals surface area contributed by atoms with Gasteiger partial charge in [0.05, 0.1) is 6.17 Å². The lowest BCUT2D eigenvalue weighted by atomic mass is 10.3. The van der Waals surface area contributed by atoms with Gasteiger partial charge < -0.3 is 5.11 Å².